The van der Waals surface area contributed by atoms with Crippen LogP contribution in [0.1, 0.15) is 10.4 Å². The highest BCUT2D eigenvalue weighted by atomic mass is 79.9. The zero-order valence-electron chi connectivity index (χ0n) is 6.37. The van der Waals surface area contributed by atoms with Crippen LogP contribution in [0.2, 0.25) is 0 Å². The summed E-state index contributed by atoms with van der Waals surface area (Å²) < 4.78 is 4.85. The van der Waals surface area contributed by atoms with Gasteiger partial charge in [-0.1, -0.05) is 6.07 Å². The van der Waals surface area contributed by atoms with Crippen LogP contribution in [-0.4, -0.2) is 18.2 Å². The first-order valence-corrected chi connectivity index (χ1v) is 4.02. The average Bonchev–Trinajstić information content (AvgIpc) is 2.08. The normalized spacial score (nSPS) is 9.50. The van der Waals surface area contributed by atoms with Crippen molar-refractivity contribution in [1.29, 1.82) is 0 Å². The zero-order chi connectivity index (χ0) is 9.14. The number of phenolic OH excluding ortho intramolecular Hbond substituents is 1. The Balaban J connectivity index is 3.16. The van der Waals surface area contributed by atoms with Crippen molar-refractivity contribution < 1.29 is 14.6 Å². The maximum absolute atomic E-state index is 11.0. The van der Waals surface area contributed by atoms with Crippen molar-refractivity contribution in [1.82, 2.24) is 0 Å². The van der Waals surface area contributed by atoms with Crippen LogP contribution in [0.15, 0.2) is 22.7 Å². The topological polar surface area (TPSA) is 46.5 Å². The Hall–Kier alpha value is -1.03. The molecule has 0 bridgehead atoms. The fraction of sp³-hybridized carbons (Fsp3) is 0.125. The highest BCUT2D eigenvalue weighted by Crippen LogP contribution is 2.27. The predicted molar refractivity (Wildman–Crippen MR) is 47.1 cm³/mol. The van der Waals surface area contributed by atoms with E-state index < -0.39 is 5.97 Å². The van der Waals surface area contributed by atoms with E-state index in [9.17, 15) is 9.90 Å². The van der Waals surface area contributed by atoms with Crippen LogP contribution >= 0.6 is 15.9 Å². The first-order valence-electron chi connectivity index (χ1n) is 3.22. The number of phenols is 1. The van der Waals surface area contributed by atoms with Gasteiger partial charge in [0.1, 0.15) is 5.75 Å². The van der Waals surface area contributed by atoms with Crippen LogP contribution < -0.4 is 0 Å². The summed E-state index contributed by atoms with van der Waals surface area (Å²) in [6.07, 6.45) is 0. The van der Waals surface area contributed by atoms with Crippen LogP contribution in [0.4, 0.5) is 0 Å². The Labute approximate surface area is 78.1 Å². The fourth-order valence-electron chi connectivity index (χ4n) is 0.787. The van der Waals surface area contributed by atoms with Crippen molar-refractivity contribution >= 4 is 21.9 Å². The van der Waals surface area contributed by atoms with Crippen molar-refractivity contribution in [2.24, 2.45) is 0 Å². The summed E-state index contributed by atoms with van der Waals surface area (Å²) in [4.78, 5) is 11.0. The Morgan fingerprint density at radius 3 is 2.83 bits per heavy atom. The first kappa shape index (κ1) is 9.06. The molecular weight excluding hydrogens is 224 g/mol. The van der Waals surface area contributed by atoms with Gasteiger partial charge in [0.2, 0.25) is 0 Å². The van der Waals surface area contributed by atoms with Gasteiger partial charge in [0.25, 0.3) is 0 Å². The molecule has 0 fully saturated rings. The monoisotopic (exact) mass is 230 g/mol. The zero-order valence-corrected chi connectivity index (χ0v) is 7.96. The van der Waals surface area contributed by atoms with Gasteiger partial charge in [-0.2, -0.15) is 0 Å². The number of methoxy groups -OCH3 is 1. The highest BCUT2D eigenvalue weighted by molar-refractivity contribution is 9.10. The molecule has 64 valence electrons. The molecule has 1 N–H and O–H groups in total. The van der Waals surface area contributed by atoms with E-state index in [2.05, 4.69) is 20.7 Å². The summed E-state index contributed by atoms with van der Waals surface area (Å²) in [6, 6.07) is 4.62. The van der Waals surface area contributed by atoms with Crippen molar-refractivity contribution in [2.45, 2.75) is 0 Å². The summed E-state index contributed by atoms with van der Waals surface area (Å²) in [7, 11) is 1.29. The standard InChI is InChI=1S/C8H7BrO3/c1-12-8(11)5-3-2-4-6(10)7(5)9/h2-4,10H,1H3. The van der Waals surface area contributed by atoms with Crippen LogP contribution in [0.3, 0.4) is 0 Å². The van der Waals surface area contributed by atoms with Crippen molar-refractivity contribution in [3.05, 3.63) is 28.2 Å². The second kappa shape index (κ2) is 3.58. The van der Waals surface area contributed by atoms with Crippen LogP contribution in [0.25, 0.3) is 0 Å². The third-order valence-electron chi connectivity index (χ3n) is 1.38. The minimum Gasteiger partial charge on any atom is -0.507 e. The summed E-state index contributed by atoms with van der Waals surface area (Å²) in [5, 5.41) is 9.19. The number of halogens is 1. The second-order valence-corrected chi connectivity index (χ2v) is 2.92. The lowest BCUT2D eigenvalue weighted by Gasteiger charge is -2.02. The Morgan fingerprint density at radius 2 is 2.25 bits per heavy atom. The Kier molecular flexibility index (Phi) is 2.70. The smallest absolute Gasteiger partial charge is 0.339 e. The number of hydrogen-bond donors (Lipinski definition) is 1. The van der Waals surface area contributed by atoms with E-state index in [1.807, 2.05) is 0 Å². The third kappa shape index (κ3) is 1.58. The number of esters is 1. The molecule has 0 aliphatic carbocycles. The number of benzene rings is 1. The summed E-state index contributed by atoms with van der Waals surface area (Å²) in [5.74, 6) is -0.448. The molecule has 0 radical (unpaired) electrons. The molecule has 1 aromatic rings. The summed E-state index contributed by atoms with van der Waals surface area (Å²) in [6.45, 7) is 0. The number of carbonyl (C=O) groups is 1. The van der Waals surface area contributed by atoms with E-state index in [1.54, 1.807) is 12.1 Å². The molecule has 0 spiro atoms. The van der Waals surface area contributed by atoms with Gasteiger partial charge in [-0.15, -0.1) is 0 Å². The van der Waals surface area contributed by atoms with Crippen molar-refractivity contribution in [2.75, 3.05) is 7.11 Å². The fourth-order valence-corrected chi connectivity index (χ4v) is 1.21. The van der Waals surface area contributed by atoms with Gasteiger partial charge in [-0.05, 0) is 28.1 Å². The summed E-state index contributed by atoms with van der Waals surface area (Å²) in [5.41, 5.74) is 0.317. The Bertz CT molecular complexity index is 309. The first-order chi connectivity index (χ1) is 5.66. The highest BCUT2D eigenvalue weighted by Gasteiger charge is 2.11. The molecule has 3 nitrogen and oxygen atoms in total. The molecule has 0 unspecified atom stereocenters. The predicted octanol–water partition coefficient (Wildman–Crippen LogP) is 1.94. The van der Waals surface area contributed by atoms with Gasteiger partial charge in [0.15, 0.2) is 0 Å². The number of aromatic hydroxyl groups is 1. The molecular formula is C8H7BrO3. The molecule has 4 heteroatoms. The molecule has 0 saturated carbocycles. The van der Waals surface area contributed by atoms with Crippen molar-refractivity contribution in [3.63, 3.8) is 0 Å². The quantitative estimate of drug-likeness (QED) is 0.751. The largest absolute Gasteiger partial charge is 0.507 e. The van der Waals surface area contributed by atoms with E-state index in [-0.39, 0.29) is 5.75 Å². The van der Waals surface area contributed by atoms with Gasteiger partial charge in [0, 0.05) is 0 Å². The van der Waals surface area contributed by atoms with E-state index in [0.29, 0.717) is 10.0 Å². The third-order valence-corrected chi connectivity index (χ3v) is 2.22. The minimum absolute atomic E-state index is 0.0258. The molecule has 0 saturated heterocycles. The van der Waals surface area contributed by atoms with Gasteiger partial charge < -0.3 is 9.84 Å². The number of rotatable bonds is 1. The number of ether oxygens (including phenoxy) is 1. The molecule has 0 heterocycles. The van der Waals surface area contributed by atoms with E-state index in [4.69, 9.17) is 0 Å². The second-order valence-electron chi connectivity index (χ2n) is 2.13. The van der Waals surface area contributed by atoms with Gasteiger partial charge in [0.05, 0.1) is 17.1 Å². The van der Waals surface area contributed by atoms with Crippen LogP contribution in [0.5, 0.6) is 5.75 Å². The SMILES string of the molecule is COC(=O)c1cccc(O)c1Br. The van der Waals surface area contributed by atoms with Crippen LogP contribution in [0, 0.1) is 0 Å². The molecule has 1 rings (SSSR count). The molecule has 0 aliphatic heterocycles. The van der Waals surface area contributed by atoms with Gasteiger partial charge in [-0.25, -0.2) is 4.79 Å². The van der Waals surface area contributed by atoms with Crippen molar-refractivity contribution in [3.8, 4) is 5.75 Å². The average molecular weight is 231 g/mol. The van der Waals surface area contributed by atoms with E-state index in [1.165, 1.54) is 13.2 Å². The number of carbonyl (C=O) groups excluding carboxylic acids is 1. The molecule has 1 aromatic carbocycles. The minimum atomic E-state index is -0.474. The molecule has 0 aliphatic rings. The molecule has 12 heavy (non-hydrogen) atoms. The summed E-state index contributed by atoms with van der Waals surface area (Å²) >= 11 is 3.07. The van der Waals surface area contributed by atoms with Gasteiger partial charge in [-0.3, -0.25) is 0 Å². The lowest BCUT2D eigenvalue weighted by molar-refractivity contribution is 0.0599. The Morgan fingerprint density at radius 1 is 1.58 bits per heavy atom. The molecule has 0 atom stereocenters. The maximum Gasteiger partial charge on any atom is 0.339 e. The molecule has 0 aromatic heterocycles. The lowest BCUT2D eigenvalue weighted by Crippen LogP contribution is -2.01. The van der Waals surface area contributed by atoms with Crippen LogP contribution in [-0.2, 0) is 4.74 Å². The number of hydrogen-bond acceptors (Lipinski definition) is 3. The van der Waals surface area contributed by atoms with E-state index >= 15 is 0 Å². The maximum atomic E-state index is 11.0. The van der Waals surface area contributed by atoms with E-state index in [0.717, 1.165) is 0 Å². The molecule has 0 amide bonds. The van der Waals surface area contributed by atoms with Gasteiger partial charge >= 0.3 is 5.97 Å². The lowest BCUT2D eigenvalue weighted by atomic mass is 10.2.